The van der Waals surface area contributed by atoms with Gasteiger partial charge in [-0.3, -0.25) is 9.69 Å². The van der Waals surface area contributed by atoms with E-state index in [0.717, 1.165) is 37.3 Å². The maximum atomic E-state index is 12.4. The predicted octanol–water partition coefficient (Wildman–Crippen LogP) is 1.49. The zero-order valence-corrected chi connectivity index (χ0v) is 12.9. The molecule has 2 N–H and O–H groups in total. The number of nitrogens with two attached hydrogens (primary N) is 1. The summed E-state index contributed by atoms with van der Waals surface area (Å²) in [5.41, 5.74) is 7.57. The average Bonchev–Trinajstić information content (AvgIpc) is 2.83. The van der Waals surface area contributed by atoms with Crippen molar-refractivity contribution >= 4 is 34.5 Å². The lowest BCUT2D eigenvalue weighted by atomic mass is 10.1. The summed E-state index contributed by atoms with van der Waals surface area (Å²) in [6.07, 6.45) is 0. The van der Waals surface area contributed by atoms with Crippen molar-refractivity contribution in [1.82, 2.24) is 9.80 Å². The Hall–Kier alpha value is -0.980. The number of carbonyl (C=O) groups excluding carboxylic acids is 1. The zero-order chi connectivity index (χ0) is 14.0. The van der Waals surface area contributed by atoms with E-state index in [1.54, 1.807) is 11.3 Å². The van der Waals surface area contributed by atoms with E-state index in [4.69, 9.17) is 18.0 Å². The van der Waals surface area contributed by atoms with Crippen molar-refractivity contribution in [3.8, 4) is 0 Å². The normalized spacial score (nSPS) is 18.3. The molecule has 2 heterocycles. The van der Waals surface area contributed by atoms with Crippen LogP contribution in [-0.4, -0.2) is 52.9 Å². The van der Waals surface area contributed by atoms with E-state index in [-0.39, 0.29) is 11.9 Å². The molecule has 6 heteroatoms. The van der Waals surface area contributed by atoms with Gasteiger partial charge >= 0.3 is 0 Å². The number of thiocarbonyl (C=S) groups is 1. The highest BCUT2D eigenvalue weighted by molar-refractivity contribution is 7.80. The van der Waals surface area contributed by atoms with E-state index in [9.17, 15) is 4.79 Å². The minimum atomic E-state index is 0.107. The summed E-state index contributed by atoms with van der Waals surface area (Å²) >= 11 is 6.60. The zero-order valence-electron chi connectivity index (χ0n) is 11.3. The Morgan fingerprint density at radius 2 is 2.00 bits per heavy atom. The van der Waals surface area contributed by atoms with E-state index < -0.39 is 0 Å². The van der Waals surface area contributed by atoms with Crippen molar-refractivity contribution in [2.24, 2.45) is 5.73 Å². The Morgan fingerprint density at radius 1 is 1.37 bits per heavy atom. The molecule has 0 aliphatic carbocycles. The van der Waals surface area contributed by atoms with Crippen LogP contribution in [-0.2, 0) is 0 Å². The number of hydrogen-bond acceptors (Lipinski definition) is 4. The molecular weight excluding hydrogens is 278 g/mol. The molecule has 1 saturated heterocycles. The van der Waals surface area contributed by atoms with E-state index in [2.05, 4.69) is 4.90 Å². The molecule has 4 nitrogen and oxygen atoms in total. The topological polar surface area (TPSA) is 49.6 Å². The molecule has 2 rings (SSSR count). The number of hydrogen-bond donors (Lipinski definition) is 1. The van der Waals surface area contributed by atoms with Crippen molar-refractivity contribution in [2.45, 2.75) is 19.9 Å². The third kappa shape index (κ3) is 3.13. The van der Waals surface area contributed by atoms with Crippen molar-refractivity contribution in [2.75, 3.05) is 26.2 Å². The molecule has 1 amide bonds. The van der Waals surface area contributed by atoms with Gasteiger partial charge in [-0.1, -0.05) is 12.2 Å². The number of rotatable bonds is 3. The molecule has 1 aliphatic heterocycles. The lowest BCUT2D eigenvalue weighted by Crippen LogP contribution is -2.53. The van der Waals surface area contributed by atoms with Gasteiger partial charge in [0.25, 0.3) is 5.91 Å². The minimum Gasteiger partial charge on any atom is -0.392 e. The fourth-order valence-electron chi connectivity index (χ4n) is 2.24. The summed E-state index contributed by atoms with van der Waals surface area (Å²) in [5, 5.41) is 3.94. The van der Waals surface area contributed by atoms with Crippen molar-refractivity contribution in [3.05, 3.63) is 21.9 Å². The van der Waals surface area contributed by atoms with Crippen molar-refractivity contribution in [3.63, 3.8) is 0 Å². The maximum Gasteiger partial charge on any atom is 0.255 e. The van der Waals surface area contributed by atoms with Crippen LogP contribution < -0.4 is 5.73 Å². The van der Waals surface area contributed by atoms with E-state index >= 15 is 0 Å². The molecule has 1 aromatic rings. The highest BCUT2D eigenvalue weighted by atomic mass is 32.1. The Morgan fingerprint density at radius 3 is 2.47 bits per heavy atom. The summed E-state index contributed by atoms with van der Waals surface area (Å²) in [6, 6.07) is 0.107. The Bertz CT molecular complexity index is 478. The summed E-state index contributed by atoms with van der Waals surface area (Å²) in [6.45, 7) is 7.13. The maximum absolute atomic E-state index is 12.4. The quantitative estimate of drug-likeness (QED) is 0.859. The summed E-state index contributed by atoms with van der Waals surface area (Å²) in [7, 11) is 0. The van der Waals surface area contributed by atoms with E-state index in [1.807, 2.05) is 29.5 Å². The van der Waals surface area contributed by atoms with E-state index in [0.29, 0.717) is 4.99 Å². The number of aryl methyl sites for hydroxylation is 1. The smallest absolute Gasteiger partial charge is 0.255 e. The second-order valence-electron chi connectivity index (χ2n) is 4.87. The van der Waals surface area contributed by atoms with Crippen LogP contribution in [0.4, 0.5) is 0 Å². The number of nitrogens with zero attached hydrogens (tertiary/aromatic N) is 2. The van der Waals surface area contributed by atoms with Gasteiger partial charge in [0.1, 0.15) is 0 Å². The molecule has 1 atom stereocenters. The molecule has 1 aromatic heterocycles. The van der Waals surface area contributed by atoms with Crippen LogP contribution in [0.25, 0.3) is 0 Å². The van der Waals surface area contributed by atoms with Crippen LogP contribution in [0.15, 0.2) is 10.8 Å². The highest BCUT2D eigenvalue weighted by Gasteiger charge is 2.26. The molecule has 0 spiro atoms. The van der Waals surface area contributed by atoms with Gasteiger partial charge in [-0.15, -0.1) is 0 Å². The number of thiophene rings is 1. The third-order valence-electron chi connectivity index (χ3n) is 3.65. The SMILES string of the molecule is Cc1cscc1C(=O)N1CCN(C(C)C(N)=S)CC1. The molecule has 0 aromatic carbocycles. The van der Waals surface area contributed by atoms with Gasteiger partial charge in [0, 0.05) is 31.6 Å². The average molecular weight is 297 g/mol. The summed E-state index contributed by atoms with van der Waals surface area (Å²) in [5.74, 6) is 0.140. The molecule has 1 unspecified atom stereocenters. The van der Waals surface area contributed by atoms with Gasteiger partial charge in [-0.05, 0) is 24.8 Å². The fraction of sp³-hybridized carbons (Fsp3) is 0.538. The van der Waals surface area contributed by atoms with Gasteiger partial charge in [0.2, 0.25) is 0 Å². The van der Waals surface area contributed by atoms with Gasteiger partial charge < -0.3 is 10.6 Å². The predicted molar refractivity (Wildman–Crippen MR) is 82.8 cm³/mol. The first-order valence-corrected chi connectivity index (χ1v) is 7.71. The highest BCUT2D eigenvalue weighted by Crippen LogP contribution is 2.17. The molecular formula is C13H19N3OS2. The largest absolute Gasteiger partial charge is 0.392 e. The second kappa shape index (κ2) is 5.98. The van der Waals surface area contributed by atoms with Gasteiger partial charge in [-0.25, -0.2) is 0 Å². The van der Waals surface area contributed by atoms with Gasteiger partial charge in [0.15, 0.2) is 0 Å². The standard InChI is InChI=1S/C13H19N3OS2/c1-9-7-19-8-11(9)13(17)16-5-3-15(4-6-16)10(2)12(14)18/h7-8,10H,3-6H2,1-2H3,(H2,14,18). The molecule has 0 bridgehead atoms. The number of carbonyl (C=O) groups is 1. The lowest BCUT2D eigenvalue weighted by Gasteiger charge is -2.37. The molecule has 0 saturated carbocycles. The molecule has 0 radical (unpaired) electrons. The first kappa shape index (κ1) is 14.4. The minimum absolute atomic E-state index is 0.107. The first-order chi connectivity index (χ1) is 9.00. The molecule has 1 fully saturated rings. The van der Waals surface area contributed by atoms with Crippen LogP contribution >= 0.6 is 23.6 Å². The number of piperazine rings is 1. The second-order valence-corrected chi connectivity index (χ2v) is 6.09. The van der Waals surface area contributed by atoms with Crippen LogP contribution in [0, 0.1) is 6.92 Å². The molecule has 104 valence electrons. The van der Waals surface area contributed by atoms with Gasteiger partial charge in [-0.2, -0.15) is 11.3 Å². The van der Waals surface area contributed by atoms with E-state index in [1.165, 1.54) is 0 Å². The number of amides is 1. The Labute approximate surface area is 123 Å². The van der Waals surface area contributed by atoms with Crippen molar-refractivity contribution in [1.29, 1.82) is 0 Å². The first-order valence-electron chi connectivity index (χ1n) is 6.36. The van der Waals surface area contributed by atoms with Crippen LogP contribution in [0.2, 0.25) is 0 Å². The molecule has 19 heavy (non-hydrogen) atoms. The lowest BCUT2D eigenvalue weighted by molar-refractivity contribution is 0.0621. The van der Waals surface area contributed by atoms with Crippen LogP contribution in [0.3, 0.4) is 0 Å². The summed E-state index contributed by atoms with van der Waals surface area (Å²) in [4.78, 5) is 17.0. The Kier molecular flexibility index (Phi) is 4.54. The van der Waals surface area contributed by atoms with Gasteiger partial charge in [0.05, 0.1) is 16.6 Å². The third-order valence-corrected chi connectivity index (χ3v) is 4.85. The van der Waals surface area contributed by atoms with Crippen LogP contribution in [0.5, 0.6) is 0 Å². The van der Waals surface area contributed by atoms with Crippen molar-refractivity contribution < 1.29 is 4.79 Å². The van der Waals surface area contributed by atoms with Crippen LogP contribution in [0.1, 0.15) is 22.8 Å². The fourth-order valence-corrected chi connectivity index (χ4v) is 3.21. The monoisotopic (exact) mass is 297 g/mol. The molecule has 1 aliphatic rings. The summed E-state index contributed by atoms with van der Waals surface area (Å²) < 4.78 is 0. The Balaban J connectivity index is 1.95.